The Bertz CT molecular complexity index is 946. The van der Waals surface area contributed by atoms with Gasteiger partial charge in [0.2, 0.25) is 0 Å². The number of benzene rings is 2. The van der Waals surface area contributed by atoms with E-state index in [1.165, 1.54) is 6.20 Å². The molecule has 7 heteroatoms. The second kappa shape index (κ2) is 9.57. The first-order chi connectivity index (χ1) is 14.1. The molecule has 3 rings (SSSR count). The van der Waals surface area contributed by atoms with Crippen LogP contribution in [0, 0.1) is 0 Å². The van der Waals surface area contributed by atoms with Gasteiger partial charge in [-0.3, -0.25) is 4.79 Å². The number of amides is 1. The predicted molar refractivity (Wildman–Crippen MR) is 114 cm³/mol. The summed E-state index contributed by atoms with van der Waals surface area (Å²) in [5, 5.41) is 6.58. The molecule has 0 aliphatic rings. The molecule has 1 amide bonds. The van der Waals surface area contributed by atoms with Gasteiger partial charge < -0.3 is 25.8 Å². The van der Waals surface area contributed by atoms with Crippen molar-refractivity contribution in [3.63, 3.8) is 0 Å². The zero-order valence-corrected chi connectivity index (χ0v) is 16.4. The molecular formula is C22H24N4O3. The Labute approximate surface area is 169 Å². The first kappa shape index (κ1) is 20.2. The number of primary amides is 1. The average molecular weight is 392 g/mol. The van der Waals surface area contributed by atoms with Crippen molar-refractivity contribution in [2.75, 3.05) is 31.5 Å². The minimum atomic E-state index is -0.555. The van der Waals surface area contributed by atoms with Gasteiger partial charge in [-0.05, 0) is 29.8 Å². The number of rotatable bonds is 9. The smallest absolute Gasteiger partial charge is 0.252 e. The molecule has 1 aromatic heterocycles. The molecule has 0 saturated carbocycles. The summed E-state index contributed by atoms with van der Waals surface area (Å²) in [6.45, 7) is 0.422. The maximum atomic E-state index is 11.9. The summed E-state index contributed by atoms with van der Waals surface area (Å²) in [6.07, 6.45) is 1.46. The number of hydrogen-bond donors (Lipinski definition) is 3. The molecular weight excluding hydrogens is 368 g/mol. The van der Waals surface area contributed by atoms with Crippen LogP contribution >= 0.6 is 0 Å². The fourth-order valence-corrected chi connectivity index (χ4v) is 2.92. The van der Waals surface area contributed by atoms with E-state index in [0.717, 1.165) is 17.0 Å². The Morgan fingerprint density at radius 3 is 2.45 bits per heavy atom. The van der Waals surface area contributed by atoms with Gasteiger partial charge in [-0.2, -0.15) is 0 Å². The summed E-state index contributed by atoms with van der Waals surface area (Å²) in [4.78, 5) is 16.2. The van der Waals surface area contributed by atoms with Gasteiger partial charge in [0.05, 0.1) is 31.0 Å². The maximum Gasteiger partial charge on any atom is 0.252 e. The molecule has 1 heterocycles. The van der Waals surface area contributed by atoms with Crippen LogP contribution in [-0.4, -0.2) is 31.7 Å². The van der Waals surface area contributed by atoms with E-state index in [9.17, 15) is 4.79 Å². The van der Waals surface area contributed by atoms with E-state index in [1.54, 1.807) is 20.3 Å². The number of ether oxygens (including phenoxy) is 2. The Morgan fingerprint density at radius 1 is 1.10 bits per heavy atom. The van der Waals surface area contributed by atoms with Crippen molar-refractivity contribution in [1.82, 2.24) is 4.98 Å². The molecule has 29 heavy (non-hydrogen) atoms. The van der Waals surface area contributed by atoms with Gasteiger partial charge in [-0.15, -0.1) is 0 Å². The van der Waals surface area contributed by atoms with Crippen LogP contribution in [0.25, 0.3) is 0 Å². The summed E-state index contributed by atoms with van der Waals surface area (Å²) >= 11 is 0. The first-order valence-corrected chi connectivity index (χ1v) is 9.12. The third kappa shape index (κ3) is 5.24. The summed E-state index contributed by atoms with van der Waals surface area (Å²) in [6, 6.07) is 18.9. The van der Waals surface area contributed by atoms with Crippen LogP contribution in [0.3, 0.4) is 0 Å². The molecule has 2 aromatic carbocycles. The summed E-state index contributed by atoms with van der Waals surface area (Å²) in [5.41, 5.74) is 8.31. The first-order valence-electron chi connectivity index (χ1n) is 9.12. The quantitative estimate of drug-likeness (QED) is 0.513. The number of carbonyl (C=O) groups excluding carboxylic acids is 1. The van der Waals surface area contributed by atoms with E-state index in [-0.39, 0.29) is 6.04 Å². The zero-order valence-electron chi connectivity index (χ0n) is 16.4. The Hall–Kier alpha value is -3.58. The number of aromatic nitrogens is 1. The summed E-state index contributed by atoms with van der Waals surface area (Å²) in [7, 11) is 3.25. The summed E-state index contributed by atoms with van der Waals surface area (Å²) < 4.78 is 10.5. The van der Waals surface area contributed by atoms with Crippen molar-refractivity contribution >= 4 is 23.1 Å². The lowest BCUT2D eigenvalue weighted by molar-refractivity contribution is 0.100. The highest BCUT2D eigenvalue weighted by Crippen LogP contribution is 2.26. The van der Waals surface area contributed by atoms with Crippen molar-refractivity contribution in [2.45, 2.75) is 6.04 Å². The van der Waals surface area contributed by atoms with E-state index in [1.807, 2.05) is 54.6 Å². The van der Waals surface area contributed by atoms with Crippen molar-refractivity contribution in [2.24, 2.45) is 5.73 Å². The number of methoxy groups -OCH3 is 2. The number of nitrogens with two attached hydrogens (primary N) is 1. The van der Waals surface area contributed by atoms with Gasteiger partial charge in [0.25, 0.3) is 5.91 Å². The standard InChI is InChI=1S/C22H24N4O3/c1-28-14-20(15-6-4-3-5-7-15)26-19-12-21(24-13-18(19)22(23)27)25-16-8-10-17(29-2)11-9-16/h3-13,20H,14H2,1-2H3,(H2,23,27)(H2,24,25,26)/t20-/m1/s1. The molecule has 0 aliphatic carbocycles. The zero-order chi connectivity index (χ0) is 20.6. The second-order valence-electron chi connectivity index (χ2n) is 6.40. The van der Waals surface area contributed by atoms with Crippen molar-refractivity contribution in [1.29, 1.82) is 0 Å². The monoisotopic (exact) mass is 392 g/mol. The van der Waals surface area contributed by atoms with Crippen LogP contribution in [0.1, 0.15) is 22.0 Å². The maximum absolute atomic E-state index is 11.9. The lowest BCUT2D eigenvalue weighted by atomic mass is 10.1. The minimum Gasteiger partial charge on any atom is -0.497 e. The van der Waals surface area contributed by atoms with Gasteiger partial charge in [0, 0.05) is 25.1 Å². The van der Waals surface area contributed by atoms with Crippen LogP contribution in [0.5, 0.6) is 5.75 Å². The highest BCUT2D eigenvalue weighted by atomic mass is 16.5. The Kier molecular flexibility index (Phi) is 6.65. The lowest BCUT2D eigenvalue weighted by Crippen LogP contribution is -2.20. The SMILES string of the molecule is COC[C@@H](Nc1cc(Nc2ccc(OC)cc2)ncc1C(N)=O)c1ccccc1. The molecule has 0 saturated heterocycles. The number of hydrogen-bond acceptors (Lipinski definition) is 6. The predicted octanol–water partition coefficient (Wildman–Crippen LogP) is 3.73. The van der Waals surface area contributed by atoms with Crippen molar-refractivity contribution < 1.29 is 14.3 Å². The largest absolute Gasteiger partial charge is 0.497 e. The normalized spacial score (nSPS) is 11.5. The molecule has 0 fully saturated rings. The van der Waals surface area contributed by atoms with Gasteiger partial charge in [-0.25, -0.2) is 4.98 Å². The van der Waals surface area contributed by atoms with E-state index in [2.05, 4.69) is 15.6 Å². The molecule has 0 radical (unpaired) electrons. The number of nitrogens with zero attached hydrogens (tertiary/aromatic N) is 1. The van der Waals surface area contributed by atoms with Crippen LogP contribution < -0.4 is 21.1 Å². The molecule has 0 spiro atoms. The Balaban J connectivity index is 1.88. The molecule has 7 nitrogen and oxygen atoms in total. The molecule has 4 N–H and O–H groups in total. The average Bonchev–Trinajstić information content (AvgIpc) is 2.74. The number of pyridine rings is 1. The number of carbonyl (C=O) groups is 1. The third-order valence-electron chi connectivity index (χ3n) is 4.40. The number of anilines is 3. The van der Waals surface area contributed by atoms with Crippen LogP contribution in [-0.2, 0) is 4.74 Å². The summed E-state index contributed by atoms with van der Waals surface area (Å²) in [5.74, 6) is 0.785. The van der Waals surface area contributed by atoms with E-state index >= 15 is 0 Å². The third-order valence-corrected chi connectivity index (χ3v) is 4.40. The molecule has 150 valence electrons. The minimum absolute atomic E-state index is 0.157. The number of nitrogens with one attached hydrogen (secondary N) is 2. The molecule has 0 aliphatic heterocycles. The van der Waals surface area contributed by atoms with Crippen LogP contribution in [0.2, 0.25) is 0 Å². The highest BCUT2D eigenvalue weighted by molar-refractivity contribution is 5.98. The lowest BCUT2D eigenvalue weighted by Gasteiger charge is -2.21. The van der Waals surface area contributed by atoms with E-state index in [0.29, 0.717) is 23.7 Å². The highest BCUT2D eigenvalue weighted by Gasteiger charge is 2.16. The van der Waals surface area contributed by atoms with Crippen LogP contribution in [0.15, 0.2) is 66.9 Å². The van der Waals surface area contributed by atoms with Gasteiger partial charge in [-0.1, -0.05) is 30.3 Å². The van der Waals surface area contributed by atoms with Gasteiger partial charge in [0.1, 0.15) is 11.6 Å². The molecule has 1 atom stereocenters. The topological polar surface area (TPSA) is 98.5 Å². The van der Waals surface area contributed by atoms with Crippen molar-refractivity contribution in [3.8, 4) is 5.75 Å². The van der Waals surface area contributed by atoms with Gasteiger partial charge in [0.15, 0.2) is 0 Å². The Morgan fingerprint density at radius 2 is 1.83 bits per heavy atom. The van der Waals surface area contributed by atoms with Crippen LogP contribution in [0.4, 0.5) is 17.2 Å². The second-order valence-corrected chi connectivity index (χ2v) is 6.40. The molecule has 0 bridgehead atoms. The van der Waals surface area contributed by atoms with Crippen molar-refractivity contribution in [3.05, 3.63) is 78.0 Å². The fraction of sp³-hybridized carbons (Fsp3) is 0.182. The molecule has 0 unspecified atom stereocenters. The van der Waals surface area contributed by atoms with Gasteiger partial charge >= 0.3 is 0 Å². The van der Waals surface area contributed by atoms with E-state index < -0.39 is 5.91 Å². The van der Waals surface area contributed by atoms with E-state index in [4.69, 9.17) is 15.2 Å². The fourth-order valence-electron chi connectivity index (χ4n) is 2.92. The molecule has 3 aromatic rings.